The number of nitrogens with zero attached hydrogens (tertiary/aromatic N) is 1. The predicted octanol–water partition coefficient (Wildman–Crippen LogP) is 6.02. The lowest BCUT2D eigenvalue weighted by molar-refractivity contribution is 0.104. The molecule has 0 atom stereocenters. The number of aromatic nitrogens is 1. The van der Waals surface area contributed by atoms with Crippen LogP contribution in [0.15, 0.2) is 72.8 Å². The zero-order chi connectivity index (χ0) is 18.1. The van der Waals surface area contributed by atoms with Crippen molar-refractivity contribution in [3.8, 4) is 0 Å². The van der Waals surface area contributed by atoms with Gasteiger partial charge in [0, 0.05) is 33.9 Å². The van der Waals surface area contributed by atoms with Gasteiger partial charge in [-0.15, -0.1) is 0 Å². The molecule has 2 nitrogen and oxygen atoms in total. The summed E-state index contributed by atoms with van der Waals surface area (Å²) in [5, 5.41) is 2.48. The summed E-state index contributed by atoms with van der Waals surface area (Å²) in [7, 11) is 0. The Morgan fingerprint density at radius 3 is 2.42 bits per heavy atom. The second kappa shape index (κ2) is 6.64. The molecule has 0 fully saturated rings. The van der Waals surface area contributed by atoms with Crippen LogP contribution < -0.4 is 0 Å². The van der Waals surface area contributed by atoms with Crippen molar-refractivity contribution in [1.82, 2.24) is 4.57 Å². The maximum atomic E-state index is 12.4. The molecule has 2 heteroatoms. The zero-order valence-corrected chi connectivity index (χ0v) is 15.1. The topological polar surface area (TPSA) is 22.0 Å². The molecule has 3 aromatic carbocycles. The Kier molecular flexibility index (Phi) is 4.18. The lowest BCUT2D eigenvalue weighted by atomic mass is 10.1. The first-order chi connectivity index (χ1) is 12.7. The smallest absolute Gasteiger partial charge is 0.185 e. The summed E-state index contributed by atoms with van der Waals surface area (Å²) in [4.78, 5) is 12.4. The summed E-state index contributed by atoms with van der Waals surface area (Å²) in [6.07, 6.45) is 3.56. The molecule has 1 heterocycles. The minimum atomic E-state index is 0.0288. The molecule has 0 bridgehead atoms. The Balaban J connectivity index is 1.72. The van der Waals surface area contributed by atoms with Gasteiger partial charge < -0.3 is 4.57 Å². The summed E-state index contributed by atoms with van der Waals surface area (Å²) in [6.45, 7) is 5.12. The lowest BCUT2D eigenvalue weighted by Crippen LogP contribution is -1.94. The Hall–Kier alpha value is -3.13. The number of hydrogen-bond acceptors (Lipinski definition) is 1. The second-order valence-corrected chi connectivity index (χ2v) is 6.60. The maximum Gasteiger partial charge on any atom is 0.185 e. The van der Waals surface area contributed by atoms with Crippen molar-refractivity contribution in [3.05, 3.63) is 89.5 Å². The Bertz CT molecular complexity index is 1130. The average molecular weight is 339 g/mol. The normalized spacial score (nSPS) is 11.6. The van der Waals surface area contributed by atoms with Crippen molar-refractivity contribution >= 4 is 33.7 Å². The highest BCUT2D eigenvalue weighted by Crippen LogP contribution is 2.30. The van der Waals surface area contributed by atoms with E-state index in [0.29, 0.717) is 0 Å². The number of allylic oxidation sites excluding steroid dienone is 1. The molecule has 26 heavy (non-hydrogen) atoms. The van der Waals surface area contributed by atoms with Crippen molar-refractivity contribution in [2.24, 2.45) is 0 Å². The second-order valence-electron chi connectivity index (χ2n) is 6.60. The molecule has 0 saturated carbocycles. The third-order valence-electron chi connectivity index (χ3n) is 4.88. The summed E-state index contributed by atoms with van der Waals surface area (Å²) >= 11 is 0. The van der Waals surface area contributed by atoms with E-state index in [-0.39, 0.29) is 5.78 Å². The molecule has 4 aromatic rings. The highest BCUT2D eigenvalue weighted by Gasteiger charge is 2.09. The molecule has 1 aromatic heterocycles. The fourth-order valence-corrected chi connectivity index (χ4v) is 3.50. The number of benzene rings is 3. The molecule has 0 aliphatic carbocycles. The minimum Gasteiger partial charge on any atom is -0.341 e. The summed E-state index contributed by atoms with van der Waals surface area (Å²) in [6, 6.07) is 22.5. The fourth-order valence-electron chi connectivity index (χ4n) is 3.50. The fraction of sp³-hybridized carbons (Fsp3) is 0.125. The molecule has 0 amide bonds. The third-order valence-corrected chi connectivity index (χ3v) is 4.88. The number of ketones is 1. The van der Waals surface area contributed by atoms with Crippen LogP contribution in [0.2, 0.25) is 0 Å². The van der Waals surface area contributed by atoms with Crippen LogP contribution in [0.1, 0.15) is 28.4 Å². The molecule has 0 radical (unpaired) electrons. The van der Waals surface area contributed by atoms with Gasteiger partial charge in [-0.2, -0.15) is 0 Å². The van der Waals surface area contributed by atoms with Crippen LogP contribution in [0.25, 0.3) is 27.9 Å². The van der Waals surface area contributed by atoms with Crippen LogP contribution in [-0.2, 0) is 6.54 Å². The van der Waals surface area contributed by atoms with E-state index in [2.05, 4.69) is 54.0 Å². The van der Waals surface area contributed by atoms with Crippen LogP contribution in [-0.4, -0.2) is 10.4 Å². The molecule has 128 valence electrons. The van der Waals surface area contributed by atoms with Crippen LogP contribution in [0, 0.1) is 6.92 Å². The van der Waals surface area contributed by atoms with Gasteiger partial charge in [-0.1, -0.05) is 60.2 Å². The van der Waals surface area contributed by atoms with E-state index in [1.54, 1.807) is 6.08 Å². The number of fused-ring (bicyclic) bond motifs is 3. The van der Waals surface area contributed by atoms with Gasteiger partial charge >= 0.3 is 0 Å². The number of hydrogen-bond donors (Lipinski definition) is 0. The van der Waals surface area contributed by atoms with E-state index in [1.165, 1.54) is 21.8 Å². The molecule has 0 N–H and O–H groups in total. The summed E-state index contributed by atoms with van der Waals surface area (Å²) in [5.41, 5.74) is 5.40. The zero-order valence-electron chi connectivity index (χ0n) is 15.1. The monoisotopic (exact) mass is 339 g/mol. The van der Waals surface area contributed by atoms with Crippen molar-refractivity contribution < 1.29 is 4.79 Å². The highest BCUT2D eigenvalue weighted by atomic mass is 16.1. The van der Waals surface area contributed by atoms with Gasteiger partial charge in [0.25, 0.3) is 0 Å². The third kappa shape index (κ3) is 2.84. The first-order valence-corrected chi connectivity index (χ1v) is 8.97. The van der Waals surface area contributed by atoms with Crippen molar-refractivity contribution in [3.63, 3.8) is 0 Å². The summed E-state index contributed by atoms with van der Waals surface area (Å²) in [5.74, 6) is 0.0288. The van der Waals surface area contributed by atoms with Gasteiger partial charge in [-0.25, -0.2) is 0 Å². The Morgan fingerprint density at radius 2 is 1.65 bits per heavy atom. The molecule has 0 spiro atoms. The van der Waals surface area contributed by atoms with E-state index in [1.807, 2.05) is 37.3 Å². The Morgan fingerprint density at radius 1 is 0.923 bits per heavy atom. The van der Waals surface area contributed by atoms with Gasteiger partial charge in [-0.3, -0.25) is 4.79 Å². The van der Waals surface area contributed by atoms with E-state index >= 15 is 0 Å². The maximum absolute atomic E-state index is 12.4. The van der Waals surface area contributed by atoms with Crippen LogP contribution in [0.4, 0.5) is 0 Å². The number of aryl methyl sites for hydroxylation is 2. The molecule has 0 aliphatic rings. The van der Waals surface area contributed by atoms with Crippen LogP contribution in [0.3, 0.4) is 0 Å². The first kappa shape index (κ1) is 16.3. The minimum absolute atomic E-state index is 0.0288. The number of carbonyl (C=O) groups excluding carboxylic acids is 1. The Labute approximate surface area is 153 Å². The van der Waals surface area contributed by atoms with Gasteiger partial charge in [-0.05, 0) is 43.7 Å². The average Bonchev–Trinajstić information content (AvgIpc) is 2.99. The van der Waals surface area contributed by atoms with Gasteiger partial charge in [0.15, 0.2) is 5.78 Å². The highest BCUT2D eigenvalue weighted by molar-refractivity contribution is 6.10. The molecule has 4 rings (SSSR count). The SMILES string of the molecule is CCn1c2ccccc2c2cc(/C=C/C(=O)c3ccc(C)cc3)ccc21. The van der Waals surface area contributed by atoms with Crippen molar-refractivity contribution in [2.75, 3.05) is 0 Å². The predicted molar refractivity (Wildman–Crippen MR) is 110 cm³/mol. The number of carbonyl (C=O) groups is 1. The molecule has 0 saturated heterocycles. The quantitative estimate of drug-likeness (QED) is 0.329. The van der Waals surface area contributed by atoms with Gasteiger partial charge in [0.1, 0.15) is 0 Å². The van der Waals surface area contributed by atoms with E-state index in [0.717, 1.165) is 23.2 Å². The van der Waals surface area contributed by atoms with Crippen molar-refractivity contribution in [2.45, 2.75) is 20.4 Å². The number of rotatable bonds is 4. The van der Waals surface area contributed by atoms with Crippen LogP contribution >= 0.6 is 0 Å². The van der Waals surface area contributed by atoms with Crippen LogP contribution in [0.5, 0.6) is 0 Å². The van der Waals surface area contributed by atoms with Gasteiger partial charge in [0.2, 0.25) is 0 Å². The molecular formula is C24H21NO. The van der Waals surface area contributed by atoms with E-state index in [4.69, 9.17) is 0 Å². The number of para-hydroxylation sites is 1. The van der Waals surface area contributed by atoms with E-state index in [9.17, 15) is 4.79 Å². The standard InChI is InChI=1S/C24H21NO/c1-3-25-22-7-5-4-6-20(22)21-16-18(10-14-23(21)25)11-15-24(26)19-12-8-17(2)9-13-19/h4-16H,3H2,1-2H3/b15-11+. The largest absolute Gasteiger partial charge is 0.341 e. The molecule has 0 unspecified atom stereocenters. The lowest BCUT2D eigenvalue weighted by Gasteiger charge is -2.02. The molecular weight excluding hydrogens is 318 g/mol. The molecule has 0 aliphatic heterocycles. The van der Waals surface area contributed by atoms with Gasteiger partial charge in [0.05, 0.1) is 0 Å². The van der Waals surface area contributed by atoms with Crippen molar-refractivity contribution in [1.29, 1.82) is 0 Å². The van der Waals surface area contributed by atoms with E-state index < -0.39 is 0 Å². The first-order valence-electron chi connectivity index (χ1n) is 8.97. The summed E-state index contributed by atoms with van der Waals surface area (Å²) < 4.78 is 2.33.